The molecule has 4 heteroatoms. The highest BCUT2D eigenvalue weighted by molar-refractivity contribution is 7.13. The molecule has 16 heavy (non-hydrogen) atoms. The van der Waals surface area contributed by atoms with E-state index in [1.54, 1.807) is 11.3 Å². The fraction of sp³-hybridized carbons (Fsp3) is 0.417. The van der Waals surface area contributed by atoms with Crippen LogP contribution < -0.4 is 5.32 Å². The van der Waals surface area contributed by atoms with Gasteiger partial charge in [-0.25, -0.2) is 4.98 Å². The summed E-state index contributed by atoms with van der Waals surface area (Å²) in [6, 6.07) is 4.07. The van der Waals surface area contributed by atoms with Gasteiger partial charge in [0.15, 0.2) is 12.2 Å². The van der Waals surface area contributed by atoms with Crippen LogP contribution in [0.4, 0.5) is 0 Å². The molecule has 0 fully saturated rings. The molecule has 0 aliphatic heterocycles. The molecule has 0 saturated carbocycles. The first kappa shape index (κ1) is 11.4. The highest BCUT2D eigenvalue weighted by atomic mass is 32.1. The fourth-order valence-corrected chi connectivity index (χ4v) is 2.22. The molecular formula is C12H16N2OS. The zero-order valence-corrected chi connectivity index (χ0v) is 10.4. The normalized spacial score (nSPS) is 11.2. The number of nitrogens with zero attached hydrogens (tertiary/aromatic N) is 1. The lowest BCUT2D eigenvalue weighted by Crippen LogP contribution is -2.19. The molecule has 1 N–H and O–H groups in total. The molecular weight excluding hydrogens is 220 g/mol. The van der Waals surface area contributed by atoms with Gasteiger partial charge in [0.1, 0.15) is 5.69 Å². The molecule has 2 heterocycles. The average Bonchev–Trinajstić information content (AvgIpc) is 2.84. The standard InChI is InChI=1S/C12H16N2OS/c1-9(2)6-13-7-10-12(15-8-14-10)11-4-3-5-16-11/h3-5,8-9,13H,6-7H2,1-2H3. The number of thiophene rings is 1. The molecule has 2 rings (SSSR count). The van der Waals surface area contributed by atoms with Crippen molar-refractivity contribution in [3.05, 3.63) is 29.6 Å². The second kappa shape index (κ2) is 5.27. The number of rotatable bonds is 5. The Labute approximate surface area is 99.5 Å². The van der Waals surface area contributed by atoms with Crippen LogP contribution in [-0.2, 0) is 6.54 Å². The summed E-state index contributed by atoms with van der Waals surface area (Å²) in [5.41, 5.74) is 0.989. The second-order valence-corrected chi connectivity index (χ2v) is 5.08. The molecule has 0 aliphatic rings. The van der Waals surface area contributed by atoms with Gasteiger partial charge in [0, 0.05) is 6.54 Å². The zero-order valence-electron chi connectivity index (χ0n) is 9.56. The van der Waals surface area contributed by atoms with Crippen molar-refractivity contribution < 1.29 is 4.42 Å². The second-order valence-electron chi connectivity index (χ2n) is 4.13. The van der Waals surface area contributed by atoms with E-state index in [0.29, 0.717) is 5.92 Å². The molecule has 0 unspecified atom stereocenters. The molecule has 0 atom stereocenters. The predicted octanol–water partition coefficient (Wildman–Crippen LogP) is 3.15. The van der Waals surface area contributed by atoms with Gasteiger partial charge >= 0.3 is 0 Å². The summed E-state index contributed by atoms with van der Waals surface area (Å²) < 4.78 is 5.43. The van der Waals surface area contributed by atoms with Crippen LogP contribution in [0.5, 0.6) is 0 Å². The van der Waals surface area contributed by atoms with Crippen LogP contribution in [0.15, 0.2) is 28.3 Å². The van der Waals surface area contributed by atoms with Crippen molar-refractivity contribution in [1.29, 1.82) is 0 Å². The van der Waals surface area contributed by atoms with Crippen molar-refractivity contribution in [1.82, 2.24) is 10.3 Å². The molecule has 0 spiro atoms. The maximum Gasteiger partial charge on any atom is 0.181 e. The largest absolute Gasteiger partial charge is 0.442 e. The third kappa shape index (κ3) is 2.71. The third-order valence-electron chi connectivity index (χ3n) is 2.23. The van der Waals surface area contributed by atoms with E-state index < -0.39 is 0 Å². The predicted molar refractivity (Wildman–Crippen MR) is 66.4 cm³/mol. The van der Waals surface area contributed by atoms with Crippen LogP contribution in [0, 0.1) is 5.92 Å². The lowest BCUT2D eigenvalue weighted by Gasteiger charge is -2.05. The average molecular weight is 236 g/mol. The highest BCUT2D eigenvalue weighted by Crippen LogP contribution is 2.27. The van der Waals surface area contributed by atoms with E-state index >= 15 is 0 Å². The van der Waals surface area contributed by atoms with Crippen LogP contribution in [0.3, 0.4) is 0 Å². The molecule has 0 saturated heterocycles. The van der Waals surface area contributed by atoms with Crippen molar-refractivity contribution in [2.24, 2.45) is 5.92 Å². The molecule has 86 valence electrons. The maximum atomic E-state index is 5.43. The van der Waals surface area contributed by atoms with Crippen LogP contribution in [-0.4, -0.2) is 11.5 Å². The first-order chi connectivity index (χ1) is 7.77. The number of aromatic nitrogens is 1. The minimum atomic E-state index is 0.650. The highest BCUT2D eigenvalue weighted by Gasteiger charge is 2.10. The van der Waals surface area contributed by atoms with Gasteiger partial charge in [-0.3, -0.25) is 0 Å². The Balaban J connectivity index is 2.03. The molecule has 2 aromatic rings. The van der Waals surface area contributed by atoms with E-state index in [1.165, 1.54) is 6.39 Å². The van der Waals surface area contributed by atoms with Crippen LogP contribution in [0.2, 0.25) is 0 Å². The van der Waals surface area contributed by atoms with Crippen molar-refractivity contribution in [3.63, 3.8) is 0 Å². The summed E-state index contributed by atoms with van der Waals surface area (Å²) in [5.74, 6) is 1.54. The Kier molecular flexibility index (Phi) is 3.74. The number of oxazole rings is 1. The molecule has 2 aromatic heterocycles. The van der Waals surface area contributed by atoms with Gasteiger partial charge in [0.25, 0.3) is 0 Å². The van der Waals surface area contributed by atoms with E-state index in [2.05, 4.69) is 30.2 Å². The molecule has 0 aromatic carbocycles. The van der Waals surface area contributed by atoms with Crippen LogP contribution >= 0.6 is 11.3 Å². The zero-order chi connectivity index (χ0) is 11.4. The van der Waals surface area contributed by atoms with Gasteiger partial charge in [-0.1, -0.05) is 19.9 Å². The van der Waals surface area contributed by atoms with Gasteiger partial charge in [-0.15, -0.1) is 11.3 Å². The monoisotopic (exact) mass is 236 g/mol. The van der Waals surface area contributed by atoms with E-state index in [1.807, 2.05) is 11.4 Å². The van der Waals surface area contributed by atoms with Gasteiger partial charge in [0.05, 0.1) is 4.88 Å². The molecule has 0 aliphatic carbocycles. The topological polar surface area (TPSA) is 38.1 Å². The summed E-state index contributed by atoms with van der Waals surface area (Å²) in [6.07, 6.45) is 1.52. The molecule has 0 bridgehead atoms. The van der Waals surface area contributed by atoms with Gasteiger partial charge in [-0.2, -0.15) is 0 Å². The smallest absolute Gasteiger partial charge is 0.181 e. The van der Waals surface area contributed by atoms with Crippen LogP contribution in [0.1, 0.15) is 19.5 Å². The minimum Gasteiger partial charge on any atom is -0.442 e. The summed E-state index contributed by atoms with van der Waals surface area (Å²) in [6.45, 7) is 6.14. The number of hydrogen-bond donors (Lipinski definition) is 1. The van der Waals surface area contributed by atoms with Gasteiger partial charge in [-0.05, 0) is 23.9 Å². The molecule has 0 radical (unpaired) electrons. The van der Waals surface area contributed by atoms with Gasteiger partial charge < -0.3 is 9.73 Å². The lowest BCUT2D eigenvalue weighted by molar-refractivity contribution is 0.545. The van der Waals surface area contributed by atoms with Crippen LogP contribution in [0.25, 0.3) is 10.6 Å². The minimum absolute atomic E-state index is 0.650. The van der Waals surface area contributed by atoms with Crippen molar-refractivity contribution in [3.8, 4) is 10.6 Å². The number of hydrogen-bond acceptors (Lipinski definition) is 4. The first-order valence-corrected chi connectivity index (χ1v) is 6.32. The third-order valence-corrected chi connectivity index (χ3v) is 3.10. The summed E-state index contributed by atoms with van der Waals surface area (Å²) in [5, 5.41) is 5.42. The Bertz CT molecular complexity index is 420. The summed E-state index contributed by atoms with van der Waals surface area (Å²) in [4.78, 5) is 5.38. The lowest BCUT2D eigenvalue weighted by atomic mass is 10.2. The van der Waals surface area contributed by atoms with E-state index in [9.17, 15) is 0 Å². The van der Waals surface area contributed by atoms with E-state index in [-0.39, 0.29) is 0 Å². The van der Waals surface area contributed by atoms with E-state index in [0.717, 1.165) is 29.4 Å². The van der Waals surface area contributed by atoms with Crippen molar-refractivity contribution >= 4 is 11.3 Å². The fourth-order valence-electron chi connectivity index (χ4n) is 1.48. The summed E-state index contributed by atoms with van der Waals surface area (Å²) >= 11 is 1.67. The first-order valence-electron chi connectivity index (χ1n) is 5.44. The quantitative estimate of drug-likeness (QED) is 0.866. The van der Waals surface area contributed by atoms with E-state index in [4.69, 9.17) is 4.42 Å². The Morgan fingerprint density at radius 3 is 3.06 bits per heavy atom. The van der Waals surface area contributed by atoms with Crippen molar-refractivity contribution in [2.75, 3.05) is 6.54 Å². The number of nitrogens with one attached hydrogen (secondary N) is 1. The Hall–Kier alpha value is -1.13. The Morgan fingerprint density at radius 1 is 1.50 bits per heavy atom. The SMILES string of the molecule is CC(C)CNCc1ncoc1-c1cccs1. The van der Waals surface area contributed by atoms with Gasteiger partial charge in [0.2, 0.25) is 0 Å². The molecule has 3 nitrogen and oxygen atoms in total. The van der Waals surface area contributed by atoms with Crippen molar-refractivity contribution in [2.45, 2.75) is 20.4 Å². The maximum absolute atomic E-state index is 5.43. The molecule has 0 amide bonds. The summed E-state index contributed by atoms with van der Waals surface area (Å²) in [7, 11) is 0. The Morgan fingerprint density at radius 2 is 2.38 bits per heavy atom.